The fourth-order valence-electron chi connectivity index (χ4n) is 2.53. The number of nitrogens with one attached hydrogen (secondary N) is 1. The largest absolute Gasteiger partial charge is 0.312 e. The molecule has 2 rings (SSSR count). The van der Waals surface area contributed by atoms with Crippen molar-refractivity contribution in [1.29, 1.82) is 0 Å². The Labute approximate surface area is 122 Å². The van der Waals surface area contributed by atoms with E-state index in [1.807, 2.05) is 32.9 Å². The van der Waals surface area contributed by atoms with Crippen molar-refractivity contribution in [3.8, 4) is 0 Å². The maximum absolute atomic E-state index is 12.9. The quantitative estimate of drug-likeness (QED) is 0.924. The van der Waals surface area contributed by atoms with Gasteiger partial charge in [-0.1, -0.05) is 26.0 Å². The van der Waals surface area contributed by atoms with Crippen molar-refractivity contribution in [3.05, 3.63) is 29.3 Å². The van der Waals surface area contributed by atoms with E-state index in [4.69, 9.17) is 0 Å². The van der Waals surface area contributed by atoms with Gasteiger partial charge in [-0.3, -0.25) is 0 Å². The van der Waals surface area contributed by atoms with Crippen LogP contribution in [0.1, 0.15) is 31.9 Å². The van der Waals surface area contributed by atoms with Crippen molar-refractivity contribution in [3.63, 3.8) is 0 Å². The van der Waals surface area contributed by atoms with Gasteiger partial charge < -0.3 is 5.32 Å². The zero-order valence-corrected chi connectivity index (χ0v) is 13.5. The van der Waals surface area contributed by atoms with Crippen molar-refractivity contribution in [2.75, 3.05) is 13.6 Å². The molecule has 1 atom stereocenters. The summed E-state index contributed by atoms with van der Waals surface area (Å²) in [5.74, 6) is 0.288. The zero-order chi connectivity index (χ0) is 14.9. The monoisotopic (exact) mass is 296 g/mol. The molecule has 1 aromatic carbocycles. The number of fused-ring (bicyclic) bond motifs is 1. The molecule has 0 radical (unpaired) electrons. The smallest absolute Gasteiger partial charge is 0.243 e. The molecule has 0 spiro atoms. The van der Waals surface area contributed by atoms with Crippen molar-refractivity contribution in [1.82, 2.24) is 9.62 Å². The number of nitrogens with zero attached hydrogens (tertiary/aromatic N) is 1. The van der Waals surface area contributed by atoms with Gasteiger partial charge >= 0.3 is 0 Å². The fraction of sp³-hybridized carbons (Fsp3) is 0.600. The molecule has 0 fully saturated rings. The highest BCUT2D eigenvalue weighted by Crippen LogP contribution is 2.27. The van der Waals surface area contributed by atoms with Gasteiger partial charge in [0.25, 0.3) is 0 Å². The van der Waals surface area contributed by atoms with Crippen molar-refractivity contribution >= 4 is 10.0 Å². The summed E-state index contributed by atoms with van der Waals surface area (Å²) in [6.07, 6.45) is 0.772. The maximum Gasteiger partial charge on any atom is 0.243 e. The van der Waals surface area contributed by atoms with E-state index in [1.165, 1.54) is 4.31 Å². The molecular formula is C15H24N2O2S. The number of hydrogen-bond acceptors (Lipinski definition) is 3. The summed E-state index contributed by atoms with van der Waals surface area (Å²) in [4.78, 5) is 0.478. The lowest BCUT2D eigenvalue weighted by Crippen LogP contribution is -2.39. The second-order valence-electron chi connectivity index (χ2n) is 5.83. The van der Waals surface area contributed by atoms with Gasteiger partial charge in [-0.25, -0.2) is 8.42 Å². The van der Waals surface area contributed by atoms with E-state index in [0.29, 0.717) is 4.90 Å². The summed E-state index contributed by atoms with van der Waals surface area (Å²) >= 11 is 0. The Kier molecular flexibility index (Phi) is 4.52. The van der Waals surface area contributed by atoms with Gasteiger partial charge in [-0.2, -0.15) is 4.31 Å². The third kappa shape index (κ3) is 2.75. The van der Waals surface area contributed by atoms with Crippen LogP contribution in [0.25, 0.3) is 0 Å². The second-order valence-corrected chi connectivity index (χ2v) is 7.79. The number of rotatable bonds is 4. The molecule has 1 aliphatic heterocycles. The van der Waals surface area contributed by atoms with Crippen LogP contribution < -0.4 is 5.32 Å². The molecule has 0 bridgehead atoms. The first-order chi connectivity index (χ1) is 9.35. The highest BCUT2D eigenvalue weighted by molar-refractivity contribution is 7.89. The average molecular weight is 296 g/mol. The number of benzene rings is 1. The van der Waals surface area contributed by atoms with Crippen LogP contribution in [0.4, 0.5) is 0 Å². The van der Waals surface area contributed by atoms with E-state index in [-0.39, 0.29) is 12.0 Å². The molecule has 4 nitrogen and oxygen atoms in total. The zero-order valence-electron chi connectivity index (χ0n) is 12.7. The highest BCUT2D eigenvalue weighted by atomic mass is 32.2. The predicted octanol–water partition coefficient (Wildman–Crippen LogP) is 2.00. The van der Waals surface area contributed by atoms with Gasteiger partial charge in [0, 0.05) is 19.6 Å². The van der Waals surface area contributed by atoms with Crippen LogP contribution in [0.5, 0.6) is 0 Å². The molecule has 0 aliphatic carbocycles. The van der Waals surface area contributed by atoms with Crippen LogP contribution in [0, 0.1) is 5.92 Å². The van der Waals surface area contributed by atoms with Gasteiger partial charge in [0.15, 0.2) is 0 Å². The lowest BCUT2D eigenvalue weighted by atomic mass is 10.0. The summed E-state index contributed by atoms with van der Waals surface area (Å²) < 4.78 is 27.2. The van der Waals surface area contributed by atoms with E-state index >= 15 is 0 Å². The summed E-state index contributed by atoms with van der Waals surface area (Å²) in [5.41, 5.74) is 2.08. The Hall–Kier alpha value is -0.910. The Morgan fingerprint density at radius 3 is 2.60 bits per heavy atom. The molecule has 1 aromatic rings. The first kappa shape index (κ1) is 15.5. The maximum atomic E-state index is 12.9. The Morgan fingerprint density at radius 2 is 1.95 bits per heavy atom. The molecule has 1 N–H and O–H groups in total. The lowest BCUT2D eigenvalue weighted by Gasteiger charge is -2.29. The van der Waals surface area contributed by atoms with E-state index < -0.39 is 10.0 Å². The van der Waals surface area contributed by atoms with Crippen LogP contribution in [0.15, 0.2) is 23.1 Å². The molecule has 0 saturated heterocycles. The second kappa shape index (κ2) is 5.84. The topological polar surface area (TPSA) is 49.4 Å². The van der Waals surface area contributed by atoms with E-state index in [0.717, 1.165) is 30.6 Å². The average Bonchev–Trinajstić information content (AvgIpc) is 2.44. The molecule has 1 unspecified atom stereocenters. The first-order valence-corrected chi connectivity index (χ1v) is 8.59. The Balaban J connectivity index is 2.45. The number of sulfonamides is 1. The Bertz CT molecular complexity index is 582. The van der Waals surface area contributed by atoms with Gasteiger partial charge in [0.05, 0.1) is 4.90 Å². The normalized spacial score (nSPS) is 17.3. The SMILES string of the molecule is CC(C)C(C)N(C)S(=O)(=O)c1cccc2c1CCNC2. The van der Waals surface area contributed by atoms with Crippen LogP contribution in [-0.2, 0) is 23.0 Å². The van der Waals surface area contributed by atoms with Gasteiger partial charge in [0.2, 0.25) is 10.0 Å². The molecule has 0 amide bonds. The summed E-state index contributed by atoms with van der Waals surface area (Å²) in [6.45, 7) is 7.63. The molecule has 0 aromatic heterocycles. The third-order valence-corrected chi connectivity index (χ3v) is 6.32. The molecule has 0 saturated carbocycles. The van der Waals surface area contributed by atoms with Crippen LogP contribution in [0.3, 0.4) is 0 Å². The van der Waals surface area contributed by atoms with Crippen molar-refractivity contribution < 1.29 is 8.42 Å². The molecule has 1 aliphatic rings. The summed E-state index contributed by atoms with van der Waals surface area (Å²) in [5, 5.41) is 3.28. The predicted molar refractivity (Wildman–Crippen MR) is 81.1 cm³/mol. The molecular weight excluding hydrogens is 272 g/mol. The molecule has 5 heteroatoms. The van der Waals surface area contributed by atoms with Crippen LogP contribution >= 0.6 is 0 Å². The first-order valence-electron chi connectivity index (χ1n) is 7.15. The van der Waals surface area contributed by atoms with Gasteiger partial charge in [-0.15, -0.1) is 0 Å². The standard InChI is InChI=1S/C15H24N2O2S/c1-11(2)12(3)17(4)20(18,19)15-7-5-6-13-10-16-9-8-14(13)15/h5-7,11-12,16H,8-10H2,1-4H3. The van der Waals surface area contributed by atoms with Gasteiger partial charge in [0.1, 0.15) is 0 Å². The molecule has 112 valence electrons. The minimum atomic E-state index is -3.42. The fourth-order valence-corrected chi connectivity index (χ4v) is 4.32. The lowest BCUT2D eigenvalue weighted by molar-refractivity contribution is 0.315. The van der Waals surface area contributed by atoms with E-state index in [9.17, 15) is 8.42 Å². The minimum absolute atomic E-state index is 0.0161. The van der Waals surface area contributed by atoms with Crippen LogP contribution in [-0.4, -0.2) is 32.4 Å². The Morgan fingerprint density at radius 1 is 1.25 bits per heavy atom. The third-order valence-electron chi connectivity index (χ3n) is 4.29. The number of hydrogen-bond donors (Lipinski definition) is 1. The summed E-state index contributed by atoms with van der Waals surface area (Å²) in [6, 6.07) is 5.57. The van der Waals surface area contributed by atoms with E-state index in [2.05, 4.69) is 5.32 Å². The van der Waals surface area contributed by atoms with Gasteiger partial charge in [-0.05, 0) is 43.0 Å². The minimum Gasteiger partial charge on any atom is -0.312 e. The summed E-state index contributed by atoms with van der Waals surface area (Å²) in [7, 11) is -1.74. The van der Waals surface area contributed by atoms with E-state index in [1.54, 1.807) is 13.1 Å². The molecule has 20 heavy (non-hydrogen) atoms. The highest BCUT2D eigenvalue weighted by Gasteiger charge is 2.30. The van der Waals surface area contributed by atoms with Crippen molar-refractivity contribution in [2.24, 2.45) is 5.92 Å². The van der Waals surface area contributed by atoms with Crippen LogP contribution in [0.2, 0.25) is 0 Å². The molecule has 1 heterocycles. The van der Waals surface area contributed by atoms with Crippen molar-refractivity contribution in [2.45, 2.75) is 44.7 Å².